The number of allylic oxidation sites excluding steroid dienone is 4. The van der Waals surface area contributed by atoms with Crippen LogP contribution in [0.25, 0.3) is 0 Å². The molecule has 1 nitrogen and oxygen atoms in total. The largest absolute Gasteiger partial charge is 0.508 e. The van der Waals surface area contributed by atoms with E-state index >= 15 is 4.39 Å². The topological polar surface area (TPSA) is 20.2 Å². The molecule has 1 saturated carbocycles. The Bertz CT molecular complexity index is 1090. The van der Waals surface area contributed by atoms with Gasteiger partial charge in [0.15, 0.2) is 0 Å². The molecule has 1 aliphatic carbocycles. The fourth-order valence-corrected chi connectivity index (χ4v) is 3.24. The first kappa shape index (κ1) is 25.0. The van der Waals surface area contributed by atoms with Gasteiger partial charge < -0.3 is 5.11 Å². The van der Waals surface area contributed by atoms with Crippen LogP contribution in [-0.4, -0.2) is 5.11 Å². The van der Waals surface area contributed by atoms with E-state index in [-0.39, 0.29) is 17.5 Å². The molecule has 1 aliphatic rings. The summed E-state index contributed by atoms with van der Waals surface area (Å²) in [4.78, 5) is 0. The zero-order valence-electron chi connectivity index (χ0n) is 19.8. The third kappa shape index (κ3) is 6.90. The Morgan fingerprint density at radius 1 is 0.969 bits per heavy atom. The molecule has 0 aliphatic heterocycles. The number of phenols is 1. The standard InChI is InChI=1S/C28H27FO.C2H6/c1-4-21(9-8-20(2)3)10-15-25-17-16-24(27(28(25)29)23-6-5-7-23)14-11-22-12-18-26(30)19-13-22;1-2/h8-9,12-13,16-19,23,30H,4-7H2,1-3H3;1-2H3/b21-9+;. The summed E-state index contributed by atoms with van der Waals surface area (Å²) in [5.74, 6) is 12.6. The van der Waals surface area contributed by atoms with Crippen molar-refractivity contribution < 1.29 is 9.50 Å². The lowest BCUT2D eigenvalue weighted by Crippen LogP contribution is -2.13. The Labute approximate surface area is 193 Å². The molecule has 166 valence electrons. The fourth-order valence-electron chi connectivity index (χ4n) is 3.24. The Kier molecular flexibility index (Phi) is 9.84. The molecule has 2 aromatic carbocycles. The maximum atomic E-state index is 15.4. The number of hydrogen-bond donors (Lipinski definition) is 1. The first-order valence-electron chi connectivity index (χ1n) is 11.5. The molecule has 0 spiro atoms. The number of aromatic hydroxyl groups is 1. The molecule has 0 saturated heterocycles. The second-order valence-corrected chi connectivity index (χ2v) is 7.85. The minimum absolute atomic E-state index is 0.203. The molecule has 0 unspecified atom stereocenters. The molecule has 2 aromatic rings. The molecule has 0 atom stereocenters. The average Bonchev–Trinajstić information content (AvgIpc) is 2.76. The van der Waals surface area contributed by atoms with Gasteiger partial charge in [-0.25, -0.2) is 4.39 Å². The van der Waals surface area contributed by atoms with Gasteiger partial charge in [-0.15, -0.1) is 0 Å². The summed E-state index contributed by atoms with van der Waals surface area (Å²) < 4.78 is 15.4. The van der Waals surface area contributed by atoms with Crippen molar-refractivity contribution in [3.63, 3.8) is 0 Å². The van der Waals surface area contributed by atoms with Crippen molar-refractivity contribution in [1.82, 2.24) is 0 Å². The zero-order chi connectivity index (χ0) is 23.5. The number of hydrogen-bond acceptors (Lipinski definition) is 1. The van der Waals surface area contributed by atoms with Gasteiger partial charge in [0.25, 0.3) is 0 Å². The monoisotopic (exact) mass is 428 g/mol. The highest BCUT2D eigenvalue weighted by Crippen LogP contribution is 2.40. The van der Waals surface area contributed by atoms with Crippen molar-refractivity contribution in [1.29, 1.82) is 0 Å². The van der Waals surface area contributed by atoms with Crippen molar-refractivity contribution in [2.24, 2.45) is 0 Å². The summed E-state index contributed by atoms with van der Waals surface area (Å²) in [7, 11) is 0. The molecule has 1 N–H and O–H groups in total. The molecule has 0 aromatic heterocycles. The van der Waals surface area contributed by atoms with Crippen LogP contribution >= 0.6 is 0 Å². The predicted octanol–water partition coefficient (Wildman–Crippen LogP) is 7.88. The Hall–Kier alpha value is -3.23. The van der Waals surface area contributed by atoms with Gasteiger partial charge in [0.2, 0.25) is 0 Å². The van der Waals surface area contributed by atoms with Gasteiger partial charge in [-0.2, -0.15) is 0 Å². The molecular formula is C30H33FO. The normalized spacial score (nSPS) is 12.8. The van der Waals surface area contributed by atoms with Gasteiger partial charge >= 0.3 is 0 Å². The number of benzene rings is 2. The van der Waals surface area contributed by atoms with Gasteiger partial charge in [0.05, 0.1) is 5.56 Å². The van der Waals surface area contributed by atoms with Crippen molar-refractivity contribution in [3.8, 4) is 29.4 Å². The van der Waals surface area contributed by atoms with E-state index in [1.807, 2.05) is 45.9 Å². The quantitative estimate of drug-likeness (QED) is 0.389. The second kappa shape index (κ2) is 12.6. The lowest BCUT2D eigenvalue weighted by atomic mass is 9.77. The minimum Gasteiger partial charge on any atom is -0.508 e. The lowest BCUT2D eigenvalue weighted by Gasteiger charge is -2.27. The molecule has 0 heterocycles. The molecule has 1 fully saturated rings. The van der Waals surface area contributed by atoms with E-state index in [0.29, 0.717) is 11.1 Å². The summed E-state index contributed by atoms with van der Waals surface area (Å²) >= 11 is 0. The van der Waals surface area contributed by atoms with Crippen molar-refractivity contribution in [2.75, 3.05) is 0 Å². The van der Waals surface area contributed by atoms with Crippen LogP contribution in [0.1, 0.15) is 88.5 Å². The van der Waals surface area contributed by atoms with Crippen LogP contribution in [0, 0.1) is 29.5 Å². The molecule has 0 radical (unpaired) electrons. The molecule has 2 heteroatoms. The third-order valence-electron chi connectivity index (χ3n) is 5.26. The van der Waals surface area contributed by atoms with Crippen molar-refractivity contribution in [2.45, 2.75) is 66.2 Å². The third-order valence-corrected chi connectivity index (χ3v) is 5.26. The summed E-state index contributed by atoms with van der Waals surface area (Å²) in [5, 5.41) is 9.42. The van der Waals surface area contributed by atoms with E-state index in [0.717, 1.165) is 42.4 Å². The zero-order valence-corrected chi connectivity index (χ0v) is 19.8. The maximum Gasteiger partial charge on any atom is 0.143 e. The van der Waals surface area contributed by atoms with E-state index in [2.05, 4.69) is 30.6 Å². The summed E-state index contributed by atoms with van der Waals surface area (Å²) in [5.41, 5.74) is 4.84. The molecular weight excluding hydrogens is 395 g/mol. The summed E-state index contributed by atoms with van der Waals surface area (Å²) in [6, 6.07) is 10.3. The van der Waals surface area contributed by atoms with Gasteiger partial charge in [0, 0.05) is 22.3 Å². The van der Waals surface area contributed by atoms with Crippen LogP contribution in [0.15, 0.2) is 59.7 Å². The van der Waals surface area contributed by atoms with Gasteiger partial charge in [-0.05, 0) is 75.4 Å². The van der Waals surface area contributed by atoms with Gasteiger partial charge in [-0.1, -0.05) is 68.6 Å². The van der Waals surface area contributed by atoms with E-state index < -0.39 is 0 Å². The van der Waals surface area contributed by atoms with Crippen LogP contribution in [-0.2, 0) is 0 Å². The van der Waals surface area contributed by atoms with Gasteiger partial charge in [-0.3, -0.25) is 0 Å². The maximum absolute atomic E-state index is 15.4. The number of halogens is 1. The first-order chi connectivity index (χ1) is 15.5. The van der Waals surface area contributed by atoms with Crippen molar-refractivity contribution in [3.05, 3.63) is 87.8 Å². The second-order valence-electron chi connectivity index (χ2n) is 7.85. The van der Waals surface area contributed by atoms with E-state index in [1.54, 1.807) is 30.3 Å². The van der Waals surface area contributed by atoms with Crippen molar-refractivity contribution >= 4 is 0 Å². The number of rotatable bonds is 3. The van der Waals surface area contributed by atoms with E-state index in [4.69, 9.17) is 0 Å². The van der Waals surface area contributed by atoms with E-state index in [9.17, 15) is 5.11 Å². The van der Waals surface area contributed by atoms with Crippen LogP contribution in [0.3, 0.4) is 0 Å². The smallest absolute Gasteiger partial charge is 0.143 e. The van der Waals surface area contributed by atoms with Crippen LogP contribution < -0.4 is 0 Å². The SMILES string of the molecule is CC.CC/C(C#Cc1ccc(C#Cc2ccc(O)cc2)c(C2CCC2)c1F)=C\C=C(C)C. The highest BCUT2D eigenvalue weighted by Gasteiger charge is 2.26. The Morgan fingerprint density at radius 3 is 2.19 bits per heavy atom. The molecule has 0 bridgehead atoms. The molecule has 3 rings (SSSR count). The molecule has 0 amide bonds. The van der Waals surface area contributed by atoms with Crippen LogP contribution in [0.2, 0.25) is 0 Å². The van der Waals surface area contributed by atoms with Crippen LogP contribution in [0.4, 0.5) is 4.39 Å². The lowest BCUT2D eigenvalue weighted by molar-refractivity contribution is 0.403. The number of phenolic OH excluding ortho intramolecular Hbond substituents is 1. The van der Waals surface area contributed by atoms with Gasteiger partial charge in [0.1, 0.15) is 11.6 Å². The summed E-state index contributed by atoms with van der Waals surface area (Å²) in [6.45, 7) is 10.1. The minimum atomic E-state index is -0.234. The fraction of sp³-hybridized carbons (Fsp3) is 0.333. The first-order valence-corrected chi connectivity index (χ1v) is 11.5. The highest BCUT2D eigenvalue weighted by molar-refractivity contribution is 5.54. The average molecular weight is 429 g/mol. The summed E-state index contributed by atoms with van der Waals surface area (Å²) in [6.07, 6.45) is 7.95. The van der Waals surface area contributed by atoms with E-state index in [1.165, 1.54) is 5.57 Å². The predicted molar refractivity (Wildman–Crippen MR) is 133 cm³/mol. The van der Waals surface area contributed by atoms with Crippen LogP contribution in [0.5, 0.6) is 5.75 Å². The Morgan fingerprint density at radius 2 is 1.62 bits per heavy atom. The highest BCUT2D eigenvalue weighted by atomic mass is 19.1. The molecule has 32 heavy (non-hydrogen) atoms. The Balaban J connectivity index is 0.00000176.